The molecule has 35 heavy (non-hydrogen) atoms. The molecule has 0 heterocycles. The maximum absolute atomic E-state index is 12.5. The van der Waals surface area contributed by atoms with Crippen molar-refractivity contribution in [2.24, 2.45) is 0 Å². The highest BCUT2D eigenvalue weighted by molar-refractivity contribution is 5.91. The third-order valence-electron chi connectivity index (χ3n) is 6.28. The van der Waals surface area contributed by atoms with Crippen LogP contribution in [0.4, 0.5) is 0 Å². The third kappa shape index (κ3) is 9.24. The molecule has 0 spiro atoms. The number of carbonyl (C=O) groups is 1. The number of hydrogen-bond donors (Lipinski definition) is 0. The molecule has 0 aliphatic heterocycles. The van der Waals surface area contributed by atoms with E-state index >= 15 is 0 Å². The van der Waals surface area contributed by atoms with Gasteiger partial charge in [0.1, 0.15) is 11.5 Å². The van der Waals surface area contributed by atoms with E-state index in [4.69, 9.17) is 9.47 Å². The van der Waals surface area contributed by atoms with Crippen LogP contribution in [-0.2, 0) is 6.42 Å². The number of esters is 1. The molecule has 3 nitrogen and oxygen atoms in total. The van der Waals surface area contributed by atoms with Gasteiger partial charge in [0.2, 0.25) is 0 Å². The molecule has 0 aliphatic rings. The fourth-order valence-corrected chi connectivity index (χ4v) is 4.08. The van der Waals surface area contributed by atoms with Gasteiger partial charge in [-0.3, -0.25) is 0 Å². The molecule has 3 rings (SSSR count). The lowest BCUT2D eigenvalue weighted by atomic mass is 10.0. The normalized spacial score (nSPS) is 10.8. The molecule has 3 aromatic carbocycles. The molecule has 0 amide bonds. The van der Waals surface area contributed by atoms with Crippen LogP contribution < -0.4 is 9.47 Å². The molecule has 0 saturated carbocycles. The largest absolute Gasteiger partial charge is 0.494 e. The average Bonchev–Trinajstić information content (AvgIpc) is 2.90. The first-order valence-electron chi connectivity index (χ1n) is 13.3. The van der Waals surface area contributed by atoms with Gasteiger partial charge in [-0.05, 0) is 72.4 Å². The zero-order valence-corrected chi connectivity index (χ0v) is 21.4. The van der Waals surface area contributed by atoms with Gasteiger partial charge in [-0.15, -0.1) is 0 Å². The third-order valence-corrected chi connectivity index (χ3v) is 6.28. The number of aryl methyl sites for hydroxylation is 1. The summed E-state index contributed by atoms with van der Waals surface area (Å²) >= 11 is 0. The molecule has 0 radical (unpaired) electrons. The van der Waals surface area contributed by atoms with Gasteiger partial charge in [0.15, 0.2) is 0 Å². The number of hydrogen-bond acceptors (Lipinski definition) is 3. The molecule has 0 N–H and O–H groups in total. The average molecular weight is 473 g/mol. The second-order valence-corrected chi connectivity index (χ2v) is 9.21. The Kier molecular flexibility index (Phi) is 11.4. The van der Waals surface area contributed by atoms with Crippen molar-refractivity contribution in [3.8, 4) is 22.6 Å². The number of unbranched alkanes of at least 4 members (excludes halogenated alkanes) is 7. The zero-order valence-electron chi connectivity index (χ0n) is 21.4. The van der Waals surface area contributed by atoms with E-state index in [0.717, 1.165) is 24.2 Å². The molecule has 0 aliphatic carbocycles. The van der Waals surface area contributed by atoms with Crippen molar-refractivity contribution in [1.82, 2.24) is 0 Å². The monoisotopic (exact) mass is 472 g/mol. The lowest BCUT2D eigenvalue weighted by molar-refractivity contribution is 0.0734. The Morgan fingerprint density at radius 1 is 0.600 bits per heavy atom. The van der Waals surface area contributed by atoms with E-state index < -0.39 is 0 Å². The first kappa shape index (κ1) is 26.5. The van der Waals surface area contributed by atoms with Crippen molar-refractivity contribution in [2.45, 2.75) is 78.1 Å². The molecular formula is C32H40O3. The summed E-state index contributed by atoms with van der Waals surface area (Å²) in [6.07, 6.45) is 12.4. The smallest absolute Gasteiger partial charge is 0.343 e. The Balaban J connectivity index is 1.47. The van der Waals surface area contributed by atoms with E-state index in [1.807, 2.05) is 36.4 Å². The van der Waals surface area contributed by atoms with E-state index in [2.05, 4.69) is 38.1 Å². The number of carbonyl (C=O) groups excluding carboxylic acids is 1. The molecule has 0 bridgehead atoms. The Labute approximate surface area is 211 Å². The van der Waals surface area contributed by atoms with Crippen molar-refractivity contribution in [2.75, 3.05) is 6.61 Å². The summed E-state index contributed by atoms with van der Waals surface area (Å²) in [5.41, 5.74) is 4.18. The summed E-state index contributed by atoms with van der Waals surface area (Å²) in [6, 6.07) is 23.7. The van der Waals surface area contributed by atoms with Crippen LogP contribution in [0.3, 0.4) is 0 Å². The van der Waals surface area contributed by atoms with Crippen molar-refractivity contribution in [1.29, 1.82) is 0 Å². The topological polar surface area (TPSA) is 35.5 Å². The highest BCUT2D eigenvalue weighted by Gasteiger charge is 2.09. The van der Waals surface area contributed by atoms with Crippen molar-refractivity contribution in [3.63, 3.8) is 0 Å². The Morgan fingerprint density at radius 2 is 1.14 bits per heavy atom. The Bertz CT molecular complexity index is 988. The summed E-state index contributed by atoms with van der Waals surface area (Å²) in [6.45, 7) is 5.15. The van der Waals surface area contributed by atoms with E-state index in [1.54, 1.807) is 12.1 Å². The molecule has 0 saturated heterocycles. The van der Waals surface area contributed by atoms with Gasteiger partial charge in [-0.25, -0.2) is 4.79 Å². The quantitative estimate of drug-likeness (QED) is 0.126. The zero-order chi connectivity index (χ0) is 24.7. The van der Waals surface area contributed by atoms with Crippen molar-refractivity contribution >= 4 is 5.97 Å². The Morgan fingerprint density at radius 3 is 1.77 bits per heavy atom. The summed E-state index contributed by atoms with van der Waals surface area (Å²) in [5.74, 6) is 0.958. The summed E-state index contributed by atoms with van der Waals surface area (Å²) in [5, 5.41) is 0. The molecule has 0 fully saturated rings. The summed E-state index contributed by atoms with van der Waals surface area (Å²) < 4.78 is 11.3. The fourth-order valence-electron chi connectivity index (χ4n) is 4.08. The number of ether oxygens (including phenoxy) is 2. The first-order chi connectivity index (χ1) is 17.2. The molecule has 0 atom stereocenters. The molecule has 0 unspecified atom stereocenters. The van der Waals surface area contributed by atoms with Crippen LogP contribution in [0.25, 0.3) is 11.1 Å². The second-order valence-electron chi connectivity index (χ2n) is 9.21. The van der Waals surface area contributed by atoms with Crippen LogP contribution in [0.2, 0.25) is 0 Å². The maximum Gasteiger partial charge on any atom is 0.343 e. The van der Waals surface area contributed by atoms with E-state index in [-0.39, 0.29) is 5.97 Å². The van der Waals surface area contributed by atoms with Crippen molar-refractivity contribution < 1.29 is 14.3 Å². The van der Waals surface area contributed by atoms with Gasteiger partial charge < -0.3 is 9.47 Å². The highest BCUT2D eigenvalue weighted by Crippen LogP contribution is 2.24. The maximum atomic E-state index is 12.5. The minimum atomic E-state index is -0.365. The van der Waals surface area contributed by atoms with Crippen molar-refractivity contribution in [3.05, 3.63) is 83.9 Å². The lowest BCUT2D eigenvalue weighted by Crippen LogP contribution is -2.08. The molecule has 186 valence electrons. The fraction of sp³-hybridized carbons (Fsp3) is 0.406. The minimum absolute atomic E-state index is 0.365. The van der Waals surface area contributed by atoms with Crippen LogP contribution in [-0.4, -0.2) is 12.6 Å². The molecule has 3 aromatic rings. The summed E-state index contributed by atoms with van der Waals surface area (Å²) in [7, 11) is 0. The van der Waals surface area contributed by atoms with Crippen LogP contribution in [0, 0.1) is 0 Å². The van der Waals surface area contributed by atoms with Gasteiger partial charge in [0.25, 0.3) is 0 Å². The van der Waals surface area contributed by atoms with Crippen LogP contribution in [0.15, 0.2) is 72.8 Å². The highest BCUT2D eigenvalue weighted by atomic mass is 16.5. The van der Waals surface area contributed by atoms with Gasteiger partial charge in [-0.1, -0.05) is 95.2 Å². The van der Waals surface area contributed by atoms with E-state index in [1.165, 1.54) is 62.5 Å². The standard InChI is InChI=1S/C32H40O3/c1-3-5-7-9-10-12-26-13-15-27(16-14-26)28-17-23-31(24-18-28)35-32(33)29-19-21-30(22-20-29)34-25-11-8-6-4-2/h13-24H,3-12,25H2,1-2H3. The van der Waals surface area contributed by atoms with Crippen LogP contribution in [0.1, 0.15) is 87.6 Å². The SMILES string of the molecule is CCCCCCCc1ccc(-c2ccc(OC(=O)c3ccc(OCCCCCC)cc3)cc2)cc1. The van der Waals surface area contributed by atoms with E-state index in [0.29, 0.717) is 17.9 Å². The molecule has 3 heteroatoms. The predicted octanol–water partition coefficient (Wildman–Crippen LogP) is 9.04. The van der Waals surface area contributed by atoms with Gasteiger partial charge >= 0.3 is 5.97 Å². The number of rotatable bonds is 15. The first-order valence-corrected chi connectivity index (χ1v) is 13.3. The molecule has 0 aromatic heterocycles. The minimum Gasteiger partial charge on any atom is -0.494 e. The van der Waals surface area contributed by atoms with Crippen LogP contribution >= 0.6 is 0 Å². The Hall–Kier alpha value is -3.07. The molecular weight excluding hydrogens is 432 g/mol. The predicted molar refractivity (Wildman–Crippen MR) is 145 cm³/mol. The van der Waals surface area contributed by atoms with E-state index in [9.17, 15) is 4.79 Å². The van der Waals surface area contributed by atoms with Gasteiger partial charge in [0.05, 0.1) is 12.2 Å². The lowest BCUT2D eigenvalue weighted by Gasteiger charge is -2.09. The summed E-state index contributed by atoms with van der Waals surface area (Å²) in [4.78, 5) is 12.5. The second kappa shape index (κ2) is 15.0. The van der Waals surface area contributed by atoms with Gasteiger partial charge in [-0.2, -0.15) is 0 Å². The van der Waals surface area contributed by atoms with Gasteiger partial charge in [0, 0.05) is 0 Å². The van der Waals surface area contributed by atoms with Crippen LogP contribution in [0.5, 0.6) is 11.5 Å². The number of benzene rings is 3.